The van der Waals surface area contributed by atoms with Gasteiger partial charge in [-0.3, -0.25) is 5.32 Å². The molecule has 0 spiro atoms. The van der Waals surface area contributed by atoms with Gasteiger partial charge in [0.15, 0.2) is 0 Å². The number of thioether (sulfide) groups is 1. The molecule has 18 heavy (non-hydrogen) atoms. The number of amides is 1. The zero-order valence-electron chi connectivity index (χ0n) is 9.92. The molecular formula is C14H13NO2S. The van der Waals surface area contributed by atoms with Crippen molar-refractivity contribution >= 4 is 23.5 Å². The number of hydrogen-bond acceptors (Lipinski definition) is 3. The Hall–Kier alpha value is -1.94. The molecular weight excluding hydrogens is 246 g/mol. The van der Waals surface area contributed by atoms with Gasteiger partial charge in [-0.15, -0.1) is 11.8 Å². The van der Waals surface area contributed by atoms with E-state index in [-0.39, 0.29) is 0 Å². The molecule has 0 bridgehead atoms. The predicted molar refractivity (Wildman–Crippen MR) is 74.3 cm³/mol. The Kier molecular flexibility index (Phi) is 4.25. The van der Waals surface area contributed by atoms with E-state index in [1.807, 2.05) is 36.6 Å². The number of rotatable bonds is 3. The van der Waals surface area contributed by atoms with Gasteiger partial charge in [-0.05, 0) is 42.7 Å². The van der Waals surface area contributed by atoms with Crippen LogP contribution in [0.4, 0.5) is 10.5 Å². The van der Waals surface area contributed by atoms with Crippen molar-refractivity contribution in [2.45, 2.75) is 4.90 Å². The molecule has 0 saturated heterocycles. The van der Waals surface area contributed by atoms with Crippen LogP contribution in [-0.4, -0.2) is 12.3 Å². The van der Waals surface area contributed by atoms with Crippen molar-refractivity contribution in [3.8, 4) is 5.75 Å². The van der Waals surface area contributed by atoms with Gasteiger partial charge >= 0.3 is 6.09 Å². The fourth-order valence-corrected chi connectivity index (χ4v) is 1.82. The number of nitrogens with one attached hydrogen (secondary N) is 1. The summed E-state index contributed by atoms with van der Waals surface area (Å²) in [6.45, 7) is 0. The molecule has 0 fully saturated rings. The summed E-state index contributed by atoms with van der Waals surface area (Å²) in [7, 11) is 0. The molecule has 4 heteroatoms. The lowest BCUT2D eigenvalue weighted by Crippen LogP contribution is -2.16. The summed E-state index contributed by atoms with van der Waals surface area (Å²) in [5.41, 5.74) is 0.711. The SMILES string of the molecule is CSc1ccc(OC(=O)Nc2ccccc2)cc1. The van der Waals surface area contributed by atoms with Crippen molar-refractivity contribution in [1.29, 1.82) is 0 Å². The Morgan fingerprint density at radius 1 is 1.06 bits per heavy atom. The molecule has 0 atom stereocenters. The van der Waals surface area contributed by atoms with E-state index < -0.39 is 6.09 Å². The third-order valence-electron chi connectivity index (χ3n) is 2.29. The van der Waals surface area contributed by atoms with Crippen molar-refractivity contribution in [3.63, 3.8) is 0 Å². The van der Waals surface area contributed by atoms with E-state index in [9.17, 15) is 4.79 Å². The summed E-state index contributed by atoms with van der Waals surface area (Å²) in [5.74, 6) is 0.529. The van der Waals surface area contributed by atoms with Crippen LogP contribution >= 0.6 is 11.8 Å². The highest BCUT2D eigenvalue weighted by Crippen LogP contribution is 2.19. The minimum atomic E-state index is -0.488. The zero-order chi connectivity index (χ0) is 12.8. The Morgan fingerprint density at radius 3 is 2.33 bits per heavy atom. The van der Waals surface area contributed by atoms with Crippen LogP contribution in [0, 0.1) is 0 Å². The van der Waals surface area contributed by atoms with Gasteiger partial charge in [0, 0.05) is 10.6 Å². The average Bonchev–Trinajstić information content (AvgIpc) is 2.40. The van der Waals surface area contributed by atoms with Gasteiger partial charge in [-0.25, -0.2) is 4.79 Å². The lowest BCUT2D eigenvalue weighted by molar-refractivity contribution is 0.215. The number of ether oxygens (including phenoxy) is 1. The molecule has 0 heterocycles. The highest BCUT2D eigenvalue weighted by molar-refractivity contribution is 7.98. The quantitative estimate of drug-likeness (QED) is 0.846. The molecule has 0 saturated carbocycles. The zero-order valence-corrected chi connectivity index (χ0v) is 10.7. The molecule has 92 valence electrons. The average molecular weight is 259 g/mol. The third-order valence-corrected chi connectivity index (χ3v) is 3.03. The first-order chi connectivity index (χ1) is 8.78. The number of hydrogen-bond donors (Lipinski definition) is 1. The van der Waals surface area contributed by atoms with Crippen molar-refractivity contribution in [3.05, 3.63) is 54.6 Å². The molecule has 2 aromatic carbocycles. The van der Waals surface area contributed by atoms with Crippen molar-refractivity contribution in [2.24, 2.45) is 0 Å². The summed E-state index contributed by atoms with van der Waals surface area (Å²) in [6, 6.07) is 16.6. The third kappa shape index (κ3) is 3.53. The van der Waals surface area contributed by atoms with Crippen LogP contribution in [0.3, 0.4) is 0 Å². The minimum Gasteiger partial charge on any atom is -0.410 e. The second-order valence-corrected chi connectivity index (χ2v) is 4.44. The topological polar surface area (TPSA) is 38.3 Å². The fraction of sp³-hybridized carbons (Fsp3) is 0.0714. The number of carbonyl (C=O) groups is 1. The van der Waals surface area contributed by atoms with Crippen molar-refractivity contribution in [2.75, 3.05) is 11.6 Å². The van der Waals surface area contributed by atoms with Crippen LogP contribution in [0.5, 0.6) is 5.75 Å². The fourth-order valence-electron chi connectivity index (χ4n) is 1.42. The molecule has 0 aliphatic rings. The summed E-state index contributed by atoms with van der Waals surface area (Å²) >= 11 is 1.64. The minimum absolute atomic E-state index is 0.488. The van der Waals surface area contributed by atoms with Crippen molar-refractivity contribution < 1.29 is 9.53 Å². The van der Waals surface area contributed by atoms with Crippen molar-refractivity contribution in [1.82, 2.24) is 0 Å². The summed E-state index contributed by atoms with van der Waals surface area (Å²) in [6.07, 6.45) is 1.51. The lowest BCUT2D eigenvalue weighted by atomic mass is 10.3. The van der Waals surface area contributed by atoms with E-state index in [1.54, 1.807) is 36.0 Å². The Balaban J connectivity index is 1.94. The van der Waals surface area contributed by atoms with E-state index in [4.69, 9.17) is 4.74 Å². The van der Waals surface area contributed by atoms with Crippen LogP contribution in [0.2, 0.25) is 0 Å². The lowest BCUT2D eigenvalue weighted by Gasteiger charge is -2.06. The van der Waals surface area contributed by atoms with Gasteiger partial charge in [0.2, 0.25) is 0 Å². The monoisotopic (exact) mass is 259 g/mol. The van der Waals surface area contributed by atoms with Gasteiger partial charge in [-0.1, -0.05) is 18.2 Å². The maximum absolute atomic E-state index is 11.6. The van der Waals surface area contributed by atoms with E-state index in [0.29, 0.717) is 11.4 Å². The van der Waals surface area contributed by atoms with E-state index >= 15 is 0 Å². The summed E-state index contributed by atoms with van der Waals surface area (Å²) in [4.78, 5) is 12.7. The highest BCUT2D eigenvalue weighted by Gasteiger charge is 2.04. The molecule has 1 amide bonds. The maximum atomic E-state index is 11.6. The van der Waals surface area contributed by atoms with Gasteiger partial charge in [0.25, 0.3) is 0 Å². The molecule has 0 radical (unpaired) electrons. The van der Waals surface area contributed by atoms with Gasteiger partial charge < -0.3 is 4.74 Å². The molecule has 2 rings (SSSR count). The number of carbonyl (C=O) groups excluding carboxylic acids is 1. The molecule has 0 aliphatic heterocycles. The van der Waals surface area contributed by atoms with Crippen LogP contribution in [0.1, 0.15) is 0 Å². The molecule has 0 aliphatic carbocycles. The second kappa shape index (κ2) is 6.12. The predicted octanol–water partition coefficient (Wildman–Crippen LogP) is 4.02. The van der Waals surface area contributed by atoms with E-state index in [0.717, 1.165) is 4.90 Å². The van der Waals surface area contributed by atoms with E-state index in [2.05, 4.69) is 5.32 Å². The summed E-state index contributed by atoms with van der Waals surface area (Å²) in [5, 5.41) is 2.65. The normalized spacial score (nSPS) is 9.83. The van der Waals surface area contributed by atoms with Crippen LogP contribution in [-0.2, 0) is 0 Å². The van der Waals surface area contributed by atoms with Crippen LogP contribution < -0.4 is 10.1 Å². The maximum Gasteiger partial charge on any atom is 0.417 e. The van der Waals surface area contributed by atoms with E-state index in [1.165, 1.54) is 0 Å². The number of benzene rings is 2. The molecule has 2 aromatic rings. The van der Waals surface area contributed by atoms with Crippen LogP contribution in [0.15, 0.2) is 59.5 Å². The first-order valence-electron chi connectivity index (χ1n) is 5.46. The van der Waals surface area contributed by atoms with Gasteiger partial charge in [0.05, 0.1) is 0 Å². The number of anilines is 1. The first-order valence-corrected chi connectivity index (χ1v) is 6.68. The molecule has 3 nitrogen and oxygen atoms in total. The Labute approximate surface area is 110 Å². The molecule has 0 unspecified atom stereocenters. The van der Waals surface area contributed by atoms with Gasteiger partial charge in [0.1, 0.15) is 5.75 Å². The second-order valence-electron chi connectivity index (χ2n) is 3.56. The molecule has 0 aromatic heterocycles. The number of para-hydroxylation sites is 1. The summed E-state index contributed by atoms with van der Waals surface area (Å²) < 4.78 is 5.16. The Morgan fingerprint density at radius 2 is 1.72 bits per heavy atom. The van der Waals surface area contributed by atoms with Crippen LogP contribution in [0.25, 0.3) is 0 Å². The largest absolute Gasteiger partial charge is 0.417 e. The molecule has 1 N–H and O–H groups in total. The van der Waals surface area contributed by atoms with Gasteiger partial charge in [-0.2, -0.15) is 0 Å². The highest BCUT2D eigenvalue weighted by atomic mass is 32.2. The Bertz CT molecular complexity index is 511. The standard InChI is InChI=1S/C14H13NO2S/c1-18-13-9-7-12(8-10-13)17-14(16)15-11-5-3-2-4-6-11/h2-10H,1H3,(H,15,16). The smallest absolute Gasteiger partial charge is 0.410 e. The first kappa shape index (κ1) is 12.5.